The smallest absolute Gasteiger partial charge is 0.223 e. The summed E-state index contributed by atoms with van der Waals surface area (Å²) in [5, 5.41) is 7.49. The third-order valence-electron chi connectivity index (χ3n) is 6.11. The van der Waals surface area contributed by atoms with E-state index in [1.54, 1.807) is 23.5 Å². The summed E-state index contributed by atoms with van der Waals surface area (Å²) in [6.45, 7) is 5.19. The fourth-order valence-electron chi connectivity index (χ4n) is 4.19. The summed E-state index contributed by atoms with van der Waals surface area (Å²) in [7, 11) is 0. The highest BCUT2D eigenvalue weighted by atomic mass is 32.1. The van der Waals surface area contributed by atoms with E-state index in [-0.39, 0.29) is 23.7 Å². The second kappa shape index (κ2) is 10.7. The molecule has 0 saturated carbocycles. The monoisotopic (exact) mass is 452 g/mol. The third kappa shape index (κ3) is 5.75. The number of aryl methyl sites for hydroxylation is 1. The Morgan fingerprint density at radius 3 is 2.59 bits per heavy atom. The lowest BCUT2D eigenvalue weighted by molar-refractivity contribution is -0.127. The molecule has 4 nitrogen and oxygen atoms in total. The van der Waals surface area contributed by atoms with Gasteiger partial charge in [-0.25, -0.2) is 4.39 Å². The van der Waals surface area contributed by atoms with Crippen molar-refractivity contribution in [3.05, 3.63) is 87.9 Å². The zero-order chi connectivity index (χ0) is 22.3. The number of likely N-dealkylation sites (tertiary alicyclic amines) is 1. The number of nitrogens with one attached hydrogen (secondary N) is 1. The zero-order valence-electron chi connectivity index (χ0n) is 18.3. The molecule has 1 N–H and O–H groups in total. The number of amides is 1. The van der Waals surface area contributed by atoms with Gasteiger partial charge in [-0.15, -0.1) is 0 Å². The first-order valence-electron chi connectivity index (χ1n) is 11.1. The van der Waals surface area contributed by atoms with E-state index in [1.165, 1.54) is 17.7 Å². The molecule has 1 unspecified atom stereocenters. The van der Waals surface area contributed by atoms with Crippen LogP contribution in [0.25, 0.3) is 0 Å². The maximum absolute atomic E-state index is 13.1. The molecule has 168 valence electrons. The maximum Gasteiger partial charge on any atom is 0.223 e. The molecule has 3 aromatic rings. The molecule has 1 aliphatic heterocycles. The van der Waals surface area contributed by atoms with Gasteiger partial charge in [-0.1, -0.05) is 24.3 Å². The van der Waals surface area contributed by atoms with Crippen LogP contribution < -0.4 is 10.1 Å². The van der Waals surface area contributed by atoms with Gasteiger partial charge in [0.05, 0.1) is 6.04 Å². The molecule has 1 saturated heterocycles. The fourth-order valence-corrected chi connectivity index (χ4v) is 4.88. The normalized spacial score (nSPS) is 15.9. The third-order valence-corrected chi connectivity index (χ3v) is 6.81. The molecule has 2 aromatic carbocycles. The van der Waals surface area contributed by atoms with Crippen LogP contribution in [0.15, 0.2) is 65.4 Å². The van der Waals surface area contributed by atoms with E-state index in [0.29, 0.717) is 12.4 Å². The van der Waals surface area contributed by atoms with E-state index in [4.69, 9.17) is 4.74 Å². The van der Waals surface area contributed by atoms with Gasteiger partial charge in [0.25, 0.3) is 0 Å². The number of hydrogen-bond donors (Lipinski definition) is 1. The Morgan fingerprint density at radius 1 is 1.16 bits per heavy atom. The number of rotatable bonds is 8. The molecule has 1 aliphatic rings. The summed E-state index contributed by atoms with van der Waals surface area (Å²) < 4.78 is 18.7. The minimum atomic E-state index is -0.263. The van der Waals surface area contributed by atoms with E-state index in [1.807, 2.05) is 12.1 Å². The van der Waals surface area contributed by atoms with Crippen LogP contribution in [0, 0.1) is 18.7 Å². The van der Waals surface area contributed by atoms with Crippen molar-refractivity contribution in [3.63, 3.8) is 0 Å². The Hall–Kier alpha value is -2.70. The summed E-state index contributed by atoms with van der Waals surface area (Å²) in [4.78, 5) is 15.5. The van der Waals surface area contributed by atoms with Crippen LogP contribution in [0.3, 0.4) is 0 Å². The first-order valence-corrected chi connectivity index (χ1v) is 12.0. The van der Waals surface area contributed by atoms with Gasteiger partial charge in [0.2, 0.25) is 5.91 Å². The second-order valence-corrected chi connectivity index (χ2v) is 9.05. The van der Waals surface area contributed by atoms with Crippen LogP contribution in [0.2, 0.25) is 0 Å². The number of halogens is 1. The molecule has 0 spiro atoms. The van der Waals surface area contributed by atoms with E-state index in [0.717, 1.165) is 43.6 Å². The van der Waals surface area contributed by atoms with Crippen LogP contribution in [0.4, 0.5) is 4.39 Å². The molecule has 0 aliphatic carbocycles. The molecule has 1 fully saturated rings. The van der Waals surface area contributed by atoms with Crippen molar-refractivity contribution in [2.24, 2.45) is 5.92 Å². The van der Waals surface area contributed by atoms with Crippen LogP contribution >= 0.6 is 11.3 Å². The SMILES string of the molecule is Cc1ccccc1C(NC(=O)C1CCN(CCOc2ccc(F)cc2)CC1)c1ccsc1. The average Bonchev–Trinajstić information content (AvgIpc) is 3.34. The van der Waals surface area contributed by atoms with Gasteiger partial charge in [0, 0.05) is 12.5 Å². The van der Waals surface area contributed by atoms with Crippen LogP contribution in [-0.2, 0) is 4.79 Å². The summed E-state index contributed by atoms with van der Waals surface area (Å²) >= 11 is 1.65. The quantitative estimate of drug-likeness (QED) is 0.511. The van der Waals surface area contributed by atoms with Crippen LogP contribution in [-0.4, -0.2) is 37.0 Å². The number of nitrogens with zero attached hydrogens (tertiary/aromatic N) is 1. The Balaban J connectivity index is 1.28. The summed E-state index contributed by atoms with van der Waals surface area (Å²) in [6.07, 6.45) is 1.68. The van der Waals surface area contributed by atoms with Crippen molar-refractivity contribution >= 4 is 17.2 Å². The molecule has 6 heteroatoms. The molecule has 1 aromatic heterocycles. The Bertz CT molecular complexity index is 999. The minimum Gasteiger partial charge on any atom is -0.492 e. The number of benzene rings is 2. The van der Waals surface area contributed by atoms with Gasteiger partial charge < -0.3 is 10.1 Å². The van der Waals surface area contributed by atoms with Gasteiger partial charge in [-0.3, -0.25) is 9.69 Å². The average molecular weight is 453 g/mol. The number of carbonyl (C=O) groups excluding carboxylic acids is 1. The lowest BCUT2D eigenvalue weighted by atomic mass is 9.93. The first-order chi connectivity index (χ1) is 15.6. The second-order valence-electron chi connectivity index (χ2n) is 8.27. The van der Waals surface area contributed by atoms with Crippen molar-refractivity contribution in [2.75, 3.05) is 26.2 Å². The van der Waals surface area contributed by atoms with Crippen molar-refractivity contribution in [3.8, 4) is 5.75 Å². The summed E-state index contributed by atoms with van der Waals surface area (Å²) in [6, 6.07) is 16.3. The molecule has 32 heavy (non-hydrogen) atoms. The van der Waals surface area contributed by atoms with Crippen molar-refractivity contribution in [1.29, 1.82) is 0 Å². The molecule has 2 heterocycles. The van der Waals surface area contributed by atoms with E-state index < -0.39 is 0 Å². The molecule has 0 radical (unpaired) electrons. The molecule has 1 amide bonds. The fraction of sp³-hybridized carbons (Fsp3) is 0.346. The van der Waals surface area contributed by atoms with Gasteiger partial charge in [0.1, 0.15) is 18.2 Å². The lowest BCUT2D eigenvalue weighted by Crippen LogP contribution is -2.42. The number of carbonyl (C=O) groups is 1. The first kappa shape index (κ1) is 22.5. The van der Waals surface area contributed by atoms with Gasteiger partial charge in [-0.05, 0) is 90.6 Å². The summed E-state index contributed by atoms with van der Waals surface area (Å²) in [5.74, 6) is 0.568. The van der Waals surface area contributed by atoms with Gasteiger partial charge in [0.15, 0.2) is 0 Å². The highest BCUT2D eigenvalue weighted by Crippen LogP contribution is 2.28. The van der Waals surface area contributed by atoms with Crippen molar-refractivity contribution < 1.29 is 13.9 Å². The largest absolute Gasteiger partial charge is 0.492 e. The summed E-state index contributed by atoms with van der Waals surface area (Å²) in [5.41, 5.74) is 3.46. The van der Waals surface area contributed by atoms with Crippen molar-refractivity contribution in [2.45, 2.75) is 25.8 Å². The van der Waals surface area contributed by atoms with Gasteiger partial charge >= 0.3 is 0 Å². The Kier molecular flexibility index (Phi) is 7.55. The number of piperidine rings is 1. The van der Waals surface area contributed by atoms with E-state index in [2.05, 4.69) is 46.1 Å². The lowest BCUT2D eigenvalue weighted by Gasteiger charge is -2.32. The Labute approximate surface area is 193 Å². The van der Waals surface area contributed by atoms with Crippen LogP contribution in [0.5, 0.6) is 5.75 Å². The zero-order valence-corrected chi connectivity index (χ0v) is 19.1. The van der Waals surface area contributed by atoms with E-state index in [9.17, 15) is 9.18 Å². The predicted molar refractivity (Wildman–Crippen MR) is 127 cm³/mol. The number of thiophene rings is 1. The molecular formula is C26H29FN2O2S. The molecule has 0 bridgehead atoms. The number of hydrogen-bond acceptors (Lipinski definition) is 4. The highest BCUT2D eigenvalue weighted by Gasteiger charge is 2.28. The van der Waals surface area contributed by atoms with Crippen LogP contribution in [0.1, 0.15) is 35.6 Å². The predicted octanol–water partition coefficient (Wildman–Crippen LogP) is 5.19. The topological polar surface area (TPSA) is 41.6 Å². The minimum absolute atomic E-state index is 0.0226. The molecular weight excluding hydrogens is 423 g/mol. The van der Waals surface area contributed by atoms with E-state index >= 15 is 0 Å². The van der Waals surface area contributed by atoms with Gasteiger partial charge in [-0.2, -0.15) is 11.3 Å². The maximum atomic E-state index is 13.1. The standard InChI is InChI=1S/C26H29FN2O2S/c1-19-4-2-3-5-24(19)25(21-12-17-32-18-21)28-26(30)20-10-13-29(14-11-20)15-16-31-23-8-6-22(27)7-9-23/h2-9,12,17-18,20,25H,10-11,13-16H2,1H3,(H,28,30). The molecule has 4 rings (SSSR count). The highest BCUT2D eigenvalue weighted by molar-refractivity contribution is 7.08. The Morgan fingerprint density at radius 2 is 1.91 bits per heavy atom. The van der Waals surface area contributed by atoms with Crippen molar-refractivity contribution in [1.82, 2.24) is 10.2 Å². The number of ether oxygens (including phenoxy) is 1. The molecule has 1 atom stereocenters.